The first-order chi connectivity index (χ1) is 12.5. The third-order valence-corrected chi connectivity index (χ3v) is 4.51. The SMILES string of the molecule is CCCCCCCCCCCCCCCC(=O)N[C@@H](CC(=O)O)C(=O)[O-].[K+]. The summed E-state index contributed by atoms with van der Waals surface area (Å²) in [7, 11) is 0. The van der Waals surface area contributed by atoms with Crippen molar-refractivity contribution >= 4 is 17.8 Å². The summed E-state index contributed by atoms with van der Waals surface area (Å²) in [6, 6.07) is -1.46. The minimum atomic E-state index is -1.56. The number of aliphatic carboxylic acids is 2. The Morgan fingerprint density at radius 3 is 1.59 bits per heavy atom. The van der Waals surface area contributed by atoms with Crippen LogP contribution in [0.15, 0.2) is 0 Å². The van der Waals surface area contributed by atoms with Crippen LogP contribution in [0.5, 0.6) is 0 Å². The zero-order valence-corrected chi connectivity index (χ0v) is 20.4. The van der Waals surface area contributed by atoms with Crippen LogP contribution < -0.4 is 61.8 Å². The third-order valence-electron chi connectivity index (χ3n) is 4.51. The molecule has 152 valence electrons. The maximum Gasteiger partial charge on any atom is 1.00 e. The second-order valence-corrected chi connectivity index (χ2v) is 7.03. The van der Waals surface area contributed by atoms with Gasteiger partial charge in [-0.3, -0.25) is 9.59 Å². The first kappa shape index (κ1) is 29.2. The first-order valence-corrected chi connectivity index (χ1v) is 10.2. The van der Waals surface area contributed by atoms with E-state index in [0.29, 0.717) is 6.42 Å². The van der Waals surface area contributed by atoms with Crippen LogP contribution in [0.2, 0.25) is 0 Å². The van der Waals surface area contributed by atoms with E-state index >= 15 is 0 Å². The van der Waals surface area contributed by atoms with Crippen LogP contribution in [0.4, 0.5) is 0 Å². The fraction of sp³-hybridized carbons (Fsp3) is 0.850. The van der Waals surface area contributed by atoms with E-state index in [-0.39, 0.29) is 57.8 Å². The fourth-order valence-corrected chi connectivity index (χ4v) is 2.94. The molecule has 0 saturated carbocycles. The number of carbonyl (C=O) groups excluding carboxylic acids is 2. The molecule has 0 heterocycles. The van der Waals surface area contributed by atoms with Crippen molar-refractivity contribution in [1.82, 2.24) is 5.32 Å². The number of carboxylic acid groups (broad SMARTS) is 2. The van der Waals surface area contributed by atoms with E-state index in [2.05, 4.69) is 12.2 Å². The van der Waals surface area contributed by atoms with E-state index in [1.54, 1.807) is 0 Å². The monoisotopic (exact) mass is 409 g/mol. The Balaban J connectivity index is 0. The quantitative estimate of drug-likeness (QED) is 0.248. The molecule has 1 atom stereocenters. The van der Waals surface area contributed by atoms with Crippen molar-refractivity contribution in [3.05, 3.63) is 0 Å². The number of unbranched alkanes of at least 4 members (excludes halogenated alkanes) is 12. The van der Waals surface area contributed by atoms with E-state index in [0.717, 1.165) is 19.3 Å². The van der Waals surface area contributed by atoms with Crippen LogP contribution >= 0.6 is 0 Å². The molecule has 2 N–H and O–H groups in total. The van der Waals surface area contributed by atoms with Gasteiger partial charge in [0.25, 0.3) is 0 Å². The minimum Gasteiger partial charge on any atom is -0.548 e. The van der Waals surface area contributed by atoms with Crippen LogP contribution in [0.25, 0.3) is 0 Å². The summed E-state index contributed by atoms with van der Waals surface area (Å²) in [5.41, 5.74) is 0. The van der Waals surface area contributed by atoms with Crippen molar-refractivity contribution in [2.75, 3.05) is 0 Å². The number of carboxylic acids is 2. The number of nitrogens with one attached hydrogen (secondary N) is 1. The van der Waals surface area contributed by atoms with Crippen molar-refractivity contribution in [3.63, 3.8) is 0 Å². The van der Waals surface area contributed by atoms with E-state index in [4.69, 9.17) is 5.11 Å². The molecule has 27 heavy (non-hydrogen) atoms. The van der Waals surface area contributed by atoms with Crippen LogP contribution in [-0.4, -0.2) is 29.0 Å². The number of hydrogen-bond donors (Lipinski definition) is 2. The Kier molecular flexibility index (Phi) is 22.5. The molecule has 0 aliphatic heterocycles. The van der Waals surface area contributed by atoms with Crippen molar-refractivity contribution in [1.29, 1.82) is 0 Å². The molecule has 0 unspecified atom stereocenters. The van der Waals surface area contributed by atoms with Crippen molar-refractivity contribution in [3.8, 4) is 0 Å². The zero-order valence-electron chi connectivity index (χ0n) is 17.3. The molecule has 0 bridgehead atoms. The molecule has 0 fully saturated rings. The number of carbonyl (C=O) groups is 3. The third kappa shape index (κ3) is 20.6. The molecular formula is C20H36KNO5. The topological polar surface area (TPSA) is 107 Å². The molecule has 0 spiro atoms. The largest absolute Gasteiger partial charge is 1.00 e. The number of amides is 1. The predicted molar refractivity (Wildman–Crippen MR) is 99.5 cm³/mol. The molecular weight excluding hydrogens is 373 g/mol. The smallest absolute Gasteiger partial charge is 0.548 e. The predicted octanol–water partition coefficient (Wildman–Crippen LogP) is 0.181. The van der Waals surface area contributed by atoms with Crippen molar-refractivity contribution in [2.24, 2.45) is 0 Å². The zero-order chi connectivity index (χ0) is 19.6. The van der Waals surface area contributed by atoms with Gasteiger partial charge < -0.3 is 20.3 Å². The molecule has 0 aromatic carbocycles. The Hall–Kier alpha value is 0.0464. The molecule has 0 saturated heterocycles. The van der Waals surface area contributed by atoms with Crippen LogP contribution in [0.3, 0.4) is 0 Å². The Labute approximate surface area is 206 Å². The molecule has 0 aliphatic rings. The summed E-state index contributed by atoms with van der Waals surface area (Å²) in [5.74, 6) is -3.27. The maximum absolute atomic E-state index is 11.6. The summed E-state index contributed by atoms with van der Waals surface area (Å²) in [6.45, 7) is 2.23. The van der Waals surface area contributed by atoms with Gasteiger partial charge in [0.05, 0.1) is 18.4 Å². The van der Waals surface area contributed by atoms with Gasteiger partial charge in [0.15, 0.2) is 0 Å². The Bertz CT molecular complexity index is 404. The number of rotatable bonds is 18. The summed E-state index contributed by atoms with van der Waals surface area (Å²) in [6.07, 6.45) is 15.3. The molecule has 0 aromatic rings. The van der Waals surface area contributed by atoms with Gasteiger partial charge in [-0.1, -0.05) is 84.0 Å². The normalized spacial score (nSPS) is 11.4. The van der Waals surface area contributed by atoms with Gasteiger partial charge >= 0.3 is 57.4 Å². The Morgan fingerprint density at radius 2 is 1.22 bits per heavy atom. The van der Waals surface area contributed by atoms with Crippen LogP contribution in [0, 0.1) is 0 Å². The van der Waals surface area contributed by atoms with Gasteiger partial charge in [-0.15, -0.1) is 0 Å². The van der Waals surface area contributed by atoms with Gasteiger partial charge in [0.2, 0.25) is 5.91 Å². The van der Waals surface area contributed by atoms with Gasteiger partial charge in [0, 0.05) is 6.42 Å². The average Bonchev–Trinajstić information content (AvgIpc) is 2.58. The summed E-state index contributed by atoms with van der Waals surface area (Å²) < 4.78 is 0. The minimum absolute atomic E-state index is 0. The second kappa shape index (κ2) is 20.8. The van der Waals surface area contributed by atoms with Crippen molar-refractivity contribution < 1.29 is 76.0 Å². The summed E-state index contributed by atoms with van der Waals surface area (Å²) in [4.78, 5) is 33.0. The molecule has 0 radical (unpaired) electrons. The van der Waals surface area contributed by atoms with Crippen LogP contribution in [0.1, 0.15) is 103 Å². The molecule has 7 heteroatoms. The summed E-state index contributed by atoms with van der Waals surface area (Å²) in [5, 5.41) is 21.6. The maximum atomic E-state index is 11.6. The molecule has 6 nitrogen and oxygen atoms in total. The van der Waals surface area contributed by atoms with Crippen LogP contribution in [-0.2, 0) is 14.4 Å². The first-order valence-electron chi connectivity index (χ1n) is 10.2. The van der Waals surface area contributed by atoms with E-state index in [1.807, 2.05) is 0 Å². The van der Waals surface area contributed by atoms with Gasteiger partial charge in [-0.05, 0) is 6.42 Å². The van der Waals surface area contributed by atoms with E-state index < -0.39 is 30.3 Å². The Morgan fingerprint density at radius 1 is 0.815 bits per heavy atom. The molecule has 0 aromatic heterocycles. The van der Waals surface area contributed by atoms with E-state index in [9.17, 15) is 19.5 Å². The fourth-order valence-electron chi connectivity index (χ4n) is 2.94. The van der Waals surface area contributed by atoms with Crippen molar-refractivity contribution in [2.45, 2.75) is 109 Å². The van der Waals surface area contributed by atoms with Gasteiger partial charge in [-0.25, -0.2) is 0 Å². The van der Waals surface area contributed by atoms with Gasteiger partial charge in [-0.2, -0.15) is 0 Å². The molecule has 1 amide bonds. The van der Waals surface area contributed by atoms with Gasteiger partial charge in [0.1, 0.15) is 0 Å². The summed E-state index contributed by atoms with van der Waals surface area (Å²) >= 11 is 0. The second-order valence-electron chi connectivity index (χ2n) is 7.03. The average molecular weight is 410 g/mol. The molecule has 0 aliphatic carbocycles. The van der Waals surface area contributed by atoms with E-state index in [1.165, 1.54) is 57.8 Å². The molecule has 0 rings (SSSR count). The number of hydrogen-bond acceptors (Lipinski definition) is 4. The standard InChI is InChI=1S/C20H37NO5.K/c1-2-3-4-5-6-7-8-9-10-11-12-13-14-15-18(22)21-17(20(25)26)16-19(23)24;/h17H,2-16H2,1H3,(H,21,22)(H,23,24)(H,25,26);/q;+1/p-1/t17-;/m0./s1.